The van der Waals surface area contributed by atoms with Crippen molar-refractivity contribution in [3.8, 4) is 33.7 Å². The molecule has 4 nitrogen and oxygen atoms in total. The minimum atomic E-state index is -0.125. The number of benzene rings is 3. The van der Waals surface area contributed by atoms with E-state index >= 15 is 0 Å². The van der Waals surface area contributed by atoms with Gasteiger partial charge >= 0.3 is 0 Å². The van der Waals surface area contributed by atoms with Gasteiger partial charge in [-0.25, -0.2) is 0 Å². The maximum absolute atomic E-state index is 10.0. The van der Waals surface area contributed by atoms with E-state index in [1.807, 2.05) is 24.4 Å². The summed E-state index contributed by atoms with van der Waals surface area (Å²) < 4.78 is 6.41. The van der Waals surface area contributed by atoms with Crippen molar-refractivity contribution in [2.45, 2.75) is 66.2 Å². The minimum absolute atomic E-state index is 0. The number of rotatable bonds is 4. The number of hydrogen-bond donors (Lipinski definition) is 1. The van der Waals surface area contributed by atoms with Crippen LogP contribution in [-0.4, -0.2) is 15.9 Å². The van der Waals surface area contributed by atoms with E-state index in [4.69, 9.17) is 14.5 Å². The molecule has 0 spiro atoms. The summed E-state index contributed by atoms with van der Waals surface area (Å²) in [5.41, 5.74) is 8.81. The Labute approximate surface area is 269 Å². The van der Waals surface area contributed by atoms with Crippen molar-refractivity contribution >= 4 is 16.8 Å². The van der Waals surface area contributed by atoms with Crippen molar-refractivity contribution in [1.82, 2.24) is 4.98 Å². The molecule has 0 fully saturated rings. The second-order valence-corrected chi connectivity index (χ2v) is 12.8. The first-order chi connectivity index (χ1) is 19.7. The number of nitrogens with zero attached hydrogens (tertiary/aromatic N) is 1. The average molecular weight is 751 g/mol. The normalized spacial score (nSPS) is 11.9. The fourth-order valence-corrected chi connectivity index (χ4v) is 4.58. The molecule has 5 aromatic rings. The van der Waals surface area contributed by atoms with Gasteiger partial charge in [0, 0.05) is 43.3 Å². The molecular formula is C38H40IrNO3-. The summed E-state index contributed by atoms with van der Waals surface area (Å²) in [5.74, 6) is 0.810. The topological polar surface area (TPSA) is 63.3 Å². The van der Waals surface area contributed by atoms with Gasteiger partial charge in [-0.3, -0.25) is 4.79 Å². The smallest absolute Gasteiger partial charge is 0.155 e. The van der Waals surface area contributed by atoms with Gasteiger partial charge in [0.15, 0.2) is 5.78 Å². The number of ketones is 1. The average Bonchev–Trinajstić information content (AvgIpc) is 3.36. The van der Waals surface area contributed by atoms with Crippen LogP contribution < -0.4 is 0 Å². The molecule has 0 bridgehead atoms. The number of aromatic nitrogens is 1. The Bertz CT molecular complexity index is 1700. The van der Waals surface area contributed by atoms with E-state index in [0.717, 1.165) is 39.1 Å². The number of aliphatic hydroxyl groups is 1. The summed E-state index contributed by atoms with van der Waals surface area (Å²) in [4.78, 5) is 14.8. The molecular weight excluding hydrogens is 711 g/mol. The first-order valence-corrected chi connectivity index (χ1v) is 14.2. The van der Waals surface area contributed by atoms with Crippen molar-refractivity contribution in [3.63, 3.8) is 0 Å². The summed E-state index contributed by atoms with van der Waals surface area (Å²) in [6.45, 7) is 16.4. The van der Waals surface area contributed by atoms with Crippen molar-refractivity contribution in [2.75, 3.05) is 0 Å². The summed E-state index contributed by atoms with van der Waals surface area (Å²) >= 11 is 0. The van der Waals surface area contributed by atoms with Crippen LogP contribution in [0.25, 0.3) is 44.7 Å². The van der Waals surface area contributed by atoms with E-state index in [2.05, 4.69) is 108 Å². The molecule has 3 aromatic carbocycles. The molecule has 43 heavy (non-hydrogen) atoms. The number of furan rings is 1. The van der Waals surface area contributed by atoms with Gasteiger partial charge in [-0.05, 0) is 71.3 Å². The quantitative estimate of drug-likeness (QED) is 0.113. The van der Waals surface area contributed by atoms with Crippen molar-refractivity contribution in [1.29, 1.82) is 0 Å². The van der Waals surface area contributed by atoms with Gasteiger partial charge < -0.3 is 14.5 Å². The van der Waals surface area contributed by atoms with Crippen LogP contribution >= 0.6 is 0 Å². The Morgan fingerprint density at radius 1 is 0.814 bits per heavy atom. The van der Waals surface area contributed by atoms with Crippen LogP contribution in [0.15, 0.2) is 101 Å². The summed E-state index contributed by atoms with van der Waals surface area (Å²) in [5, 5.41) is 9.36. The molecule has 2 aromatic heterocycles. The molecule has 0 aliphatic heterocycles. The minimum Gasteiger partial charge on any atom is -0.512 e. The van der Waals surface area contributed by atoms with Gasteiger partial charge in [0.05, 0.1) is 5.76 Å². The summed E-state index contributed by atoms with van der Waals surface area (Å²) in [7, 11) is 0. The first-order valence-electron chi connectivity index (χ1n) is 14.2. The van der Waals surface area contributed by atoms with Gasteiger partial charge in [0.25, 0.3) is 0 Å². The largest absolute Gasteiger partial charge is 0.512 e. The zero-order chi connectivity index (χ0) is 30.7. The molecule has 0 atom stereocenters. The second kappa shape index (κ2) is 13.7. The van der Waals surface area contributed by atoms with Crippen LogP contribution in [-0.2, 0) is 35.7 Å². The van der Waals surface area contributed by atoms with E-state index in [0.29, 0.717) is 0 Å². The van der Waals surface area contributed by atoms with Crippen LogP contribution in [0.3, 0.4) is 0 Å². The molecule has 1 N–H and O–H groups in total. The van der Waals surface area contributed by atoms with Crippen molar-refractivity contribution in [3.05, 3.63) is 114 Å². The SMILES string of the molecule is CC(=O)/C=C(/C)O.CC(C)(C)c1cc(-c2cc3cnc(-c4[c-]ccc(-c5ccccc5)c4)cc3o2)cc(C(C)(C)C)c1.[Ir]. The molecule has 0 saturated heterocycles. The van der Waals surface area contributed by atoms with E-state index in [1.165, 1.54) is 36.6 Å². The molecule has 2 heterocycles. The fraction of sp³-hybridized carbons (Fsp3) is 0.263. The van der Waals surface area contributed by atoms with Crippen LogP contribution in [0.1, 0.15) is 66.5 Å². The molecule has 0 aliphatic rings. The number of fused-ring (bicyclic) bond motifs is 1. The predicted molar refractivity (Wildman–Crippen MR) is 174 cm³/mol. The van der Waals surface area contributed by atoms with Crippen LogP contribution in [0, 0.1) is 6.07 Å². The molecule has 0 saturated carbocycles. The number of carbonyl (C=O) groups is 1. The standard InChI is InChI=1S/C33H32NO.C5H8O2.Ir/c1-32(2,3)27-16-25(17-28(19-27)33(4,5)6)30-18-26-21-34-29(20-31(26)35-30)24-14-10-13-23(15-24)22-11-8-7-9-12-22;1-4(6)3-5(2)7;/h7-13,15-21H,1-6H3;3,6H,1-2H3;/q-1;;/b;4-3-;. The van der Waals surface area contributed by atoms with Crippen molar-refractivity contribution in [2.24, 2.45) is 0 Å². The third-order valence-electron chi connectivity index (χ3n) is 6.95. The van der Waals surface area contributed by atoms with E-state index < -0.39 is 0 Å². The molecule has 0 amide bonds. The molecule has 0 unspecified atom stereocenters. The first kappa shape index (κ1) is 33.7. The number of carbonyl (C=O) groups excluding carboxylic acids is 1. The molecule has 5 rings (SSSR count). The van der Waals surface area contributed by atoms with Gasteiger partial charge in [-0.1, -0.05) is 77.9 Å². The Hall–Kier alpha value is -3.79. The molecule has 5 heteroatoms. The van der Waals surface area contributed by atoms with Crippen LogP contribution in [0.2, 0.25) is 0 Å². The van der Waals surface area contributed by atoms with Crippen LogP contribution in [0.4, 0.5) is 0 Å². The zero-order valence-corrected chi connectivity index (χ0v) is 28.6. The summed E-state index contributed by atoms with van der Waals surface area (Å²) in [6.07, 6.45) is 3.07. The third-order valence-corrected chi connectivity index (χ3v) is 6.95. The number of hydrogen-bond acceptors (Lipinski definition) is 4. The maximum atomic E-state index is 10.0. The van der Waals surface area contributed by atoms with E-state index in [-0.39, 0.29) is 42.5 Å². The van der Waals surface area contributed by atoms with Gasteiger partial charge in [-0.2, -0.15) is 0 Å². The maximum Gasteiger partial charge on any atom is 0.155 e. The predicted octanol–water partition coefficient (Wildman–Crippen LogP) is 10.3. The number of pyridine rings is 1. The zero-order valence-electron chi connectivity index (χ0n) is 26.2. The molecule has 1 radical (unpaired) electrons. The Morgan fingerprint density at radius 3 is 1.98 bits per heavy atom. The Kier molecular flexibility index (Phi) is 10.7. The van der Waals surface area contributed by atoms with Crippen LogP contribution in [0.5, 0.6) is 0 Å². The monoisotopic (exact) mass is 751 g/mol. The molecule has 0 aliphatic carbocycles. The Morgan fingerprint density at radius 2 is 1.44 bits per heavy atom. The molecule has 225 valence electrons. The fourth-order valence-electron chi connectivity index (χ4n) is 4.58. The van der Waals surface area contributed by atoms with Gasteiger partial charge in [0.2, 0.25) is 0 Å². The third kappa shape index (κ3) is 8.86. The second-order valence-electron chi connectivity index (χ2n) is 12.8. The number of aliphatic hydroxyl groups excluding tert-OH is 1. The van der Waals surface area contributed by atoms with E-state index in [1.54, 1.807) is 0 Å². The Balaban J connectivity index is 0.000000567. The van der Waals surface area contributed by atoms with E-state index in [9.17, 15) is 4.79 Å². The summed E-state index contributed by atoms with van der Waals surface area (Å²) in [6, 6.07) is 30.9. The van der Waals surface area contributed by atoms with Gasteiger partial charge in [-0.15, -0.1) is 35.4 Å². The van der Waals surface area contributed by atoms with Crippen molar-refractivity contribution < 1.29 is 34.4 Å². The number of allylic oxidation sites excluding steroid dienone is 2. The van der Waals surface area contributed by atoms with Gasteiger partial charge in [0.1, 0.15) is 11.3 Å².